The molecule has 2 rings (SSSR count). The summed E-state index contributed by atoms with van der Waals surface area (Å²) < 4.78 is 0. The van der Waals surface area contributed by atoms with Crippen molar-refractivity contribution in [2.75, 3.05) is 10.6 Å². The second-order valence-electron chi connectivity index (χ2n) is 7.03. The van der Waals surface area contributed by atoms with E-state index < -0.39 is 0 Å². The van der Waals surface area contributed by atoms with E-state index in [0.717, 1.165) is 23.6 Å². The molecule has 1 aliphatic rings. The second-order valence-corrected chi connectivity index (χ2v) is 7.03. The minimum Gasteiger partial charge on any atom is -0.383 e. The maximum absolute atomic E-state index is 6.14. The molecule has 0 spiro atoms. The molecule has 2 N–H and O–H groups in total. The monoisotopic (exact) mass is 276 g/mol. The minimum atomic E-state index is -0.0821. The molecule has 0 saturated carbocycles. The van der Waals surface area contributed by atoms with Crippen molar-refractivity contribution in [3.63, 3.8) is 0 Å². The normalized spacial score (nSPS) is 23.4. The molecule has 0 radical (unpaired) electrons. The third-order valence-electron chi connectivity index (χ3n) is 4.33. The van der Waals surface area contributed by atoms with Crippen LogP contribution in [0.3, 0.4) is 0 Å². The molecule has 2 unspecified atom stereocenters. The smallest absolute Gasteiger partial charge is 0.138 e. The van der Waals surface area contributed by atoms with Crippen LogP contribution in [0.5, 0.6) is 0 Å². The van der Waals surface area contributed by atoms with E-state index in [1.54, 1.807) is 0 Å². The summed E-state index contributed by atoms with van der Waals surface area (Å²) in [7, 11) is 0. The van der Waals surface area contributed by atoms with Crippen LogP contribution >= 0.6 is 0 Å². The van der Waals surface area contributed by atoms with E-state index in [-0.39, 0.29) is 5.41 Å². The highest BCUT2D eigenvalue weighted by molar-refractivity contribution is 5.58. The Morgan fingerprint density at radius 3 is 2.45 bits per heavy atom. The molecule has 112 valence electrons. The summed E-state index contributed by atoms with van der Waals surface area (Å²) in [6.07, 6.45) is 3.62. The van der Waals surface area contributed by atoms with Crippen molar-refractivity contribution in [1.82, 2.24) is 9.97 Å². The summed E-state index contributed by atoms with van der Waals surface area (Å²) in [4.78, 5) is 11.8. The highest BCUT2D eigenvalue weighted by Crippen LogP contribution is 2.35. The fourth-order valence-corrected chi connectivity index (χ4v) is 2.96. The van der Waals surface area contributed by atoms with Crippen LogP contribution in [-0.2, 0) is 5.41 Å². The summed E-state index contributed by atoms with van der Waals surface area (Å²) in [5.41, 5.74) is 7.08. The lowest BCUT2D eigenvalue weighted by Gasteiger charge is -2.32. The average Bonchev–Trinajstić information content (AvgIpc) is 2.72. The molecule has 0 aliphatic carbocycles. The van der Waals surface area contributed by atoms with Crippen molar-refractivity contribution < 1.29 is 0 Å². The molecule has 20 heavy (non-hydrogen) atoms. The van der Waals surface area contributed by atoms with Crippen LogP contribution in [0.4, 0.5) is 11.6 Å². The standard InChI is InChI=1S/C16H28N4/c1-7-12-9-8-10(2)20(12)14-11(3)13(17)18-15(19-14)16(4,5)6/h10,12H,7-9H2,1-6H3,(H2,17,18,19). The van der Waals surface area contributed by atoms with Gasteiger partial charge < -0.3 is 10.6 Å². The molecular formula is C16H28N4. The molecule has 0 amide bonds. The van der Waals surface area contributed by atoms with E-state index >= 15 is 0 Å². The largest absolute Gasteiger partial charge is 0.383 e. The molecule has 4 heteroatoms. The number of rotatable bonds is 2. The van der Waals surface area contributed by atoms with Crippen LogP contribution in [0.2, 0.25) is 0 Å². The Hall–Kier alpha value is -1.32. The Bertz CT molecular complexity index is 490. The second kappa shape index (κ2) is 5.23. The Morgan fingerprint density at radius 1 is 1.25 bits per heavy atom. The lowest BCUT2D eigenvalue weighted by Crippen LogP contribution is -2.36. The minimum absolute atomic E-state index is 0.0821. The van der Waals surface area contributed by atoms with E-state index in [1.807, 2.05) is 6.92 Å². The van der Waals surface area contributed by atoms with Crippen molar-refractivity contribution in [1.29, 1.82) is 0 Å². The highest BCUT2D eigenvalue weighted by atomic mass is 15.3. The van der Waals surface area contributed by atoms with E-state index in [9.17, 15) is 0 Å². The number of nitrogen functional groups attached to an aromatic ring is 1. The zero-order valence-electron chi connectivity index (χ0n) is 13.7. The van der Waals surface area contributed by atoms with Gasteiger partial charge in [0, 0.05) is 23.1 Å². The summed E-state index contributed by atoms with van der Waals surface area (Å²) >= 11 is 0. The summed E-state index contributed by atoms with van der Waals surface area (Å²) in [5.74, 6) is 2.50. The molecule has 1 aliphatic heterocycles. The van der Waals surface area contributed by atoms with Gasteiger partial charge in [-0.2, -0.15) is 0 Å². The lowest BCUT2D eigenvalue weighted by atomic mass is 9.95. The van der Waals surface area contributed by atoms with Crippen LogP contribution < -0.4 is 10.6 Å². The first-order valence-electron chi connectivity index (χ1n) is 7.68. The number of nitrogens with zero attached hydrogens (tertiary/aromatic N) is 3. The molecule has 2 atom stereocenters. The van der Waals surface area contributed by atoms with Gasteiger partial charge in [0.1, 0.15) is 17.5 Å². The predicted octanol–water partition coefficient (Wildman–Crippen LogP) is 3.43. The van der Waals surface area contributed by atoms with Gasteiger partial charge in [0.15, 0.2) is 0 Å². The number of nitrogens with two attached hydrogens (primary N) is 1. The van der Waals surface area contributed by atoms with Gasteiger partial charge in [0.25, 0.3) is 0 Å². The van der Waals surface area contributed by atoms with Gasteiger partial charge in [-0.15, -0.1) is 0 Å². The first kappa shape index (κ1) is 15.1. The van der Waals surface area contributed by atoms with Crippen molar-refractivity contribution in [2.24, 2.45) is 0 Å². The van der Waals surface area contributed by atoms with Crippen molar-refractivity contribution >= 4 is 11.6 Å². The predicted molar refractivity (Wildman–Crippen MR) is 85.1 cm³/mol. The molecule has 1 aromatic heterocycles. The van der Waals surface area contributed by atoms with Crippen LogP contribution in [0.25, 0.3) is 0 Å². The SMILES string of the molecule is CCC1CCC(C)N1c1nc(C(C)(C)C)nc(N)c1C. The van der Waals surface area contributed by atoms with Crippen molar-refractivity contribution in [2.45, 2.75) is 78.3 Å². The number of hydrogen-bond donors (Lipinski definition) is 1. The first-order valence-corrected chi connectivity index (χ1v) is 7.68. The third-order valence-corrected chi connectivity index (χ3v) is 4.33. The van der Waals surface area contributed by atoms with Crippen LogP contribution in [0.15, 0.2) is 0 Å². The lowest BCUT2D eigenvalue weighted by molar-refractivity contribution is 0.539. The Balaban J connectivity index is 2.52. The van der Waals surface area contributed by atoms with E-state index in [2.05, 4.69) is 44.5 Å². The summed E-state index contributed by atoms with van der Waals surface area (Å²) in [6, 6.07) is 1.10. The van der Waals surface area contributed by atoms with Crippen molar-refractivity contribution in [3.8, 4) is 0 Å². The van der Waals surface area contributed by atoms with Gasteiger partial charge in [-0.25, -0.2) is 9.97 Å². The van der Waals surface area contributed by atoms with Gasteiger partial charge >= 0.3 is 0 Å². The Labute approximate surface area is 122 Å². The van der Waals surface area contributed by atoms with Crippen molar-refractivity contribution in [3.05, 3.63) is 11.4 Å². The fourth-order valence-electron chi connectivity index (χ4n) is 2.96. The molecule has 1 fully saturated rings. The molecule has 2 heterocycles. The van der Waals surface area contributed by atoms with E-state index in [4.69, 9.17) is 10.7 Å². The van der Waals surface area contributed by atoms with Gasteiger partial charge in [0.2, 0.25) is 0 Å². The third kappa shape index (κ3) is 2.60. The van der Waals surface area contributed by atoms with Gasteiger partial charge in [-0.05, 0) is 33.1 Å². The molecule has 0 bridgehead atoms. The maximum atomic E-state index is 6.14. The van der Waals surface area contributed by atoms with Gasteiger partial charge in [-0.1, -0.05) is 27.7 Å². The van der Waals surface area contributed by atoms with Crippen LogP contribution in [0, 0.1) is 6.92 Å². The topological polar surface area (TPSA) is 55.0 Å². The first-order chi connectivity index (χ1) is 9.25. The number of hydrogen-bond acceptors (Lipinski definition) is 4. The zero-order chi connectivity index (χ0) is 15.1. The molecule has 4 nitrogen and oxygen atoms in total. The van der Waals surface area contributed by atoms with Gasteiger partial charge in [-0.3, -0.25) is 0 Å². The van der Waals surface area contributed by atoms with Gasteiger partial charge in [0.05, 0.1) is 0 Å². The number of aromatic nitrogens is 2. The zero-order valence-corrected chi connectivity index (χ0v) is 13.7. The molecule has 1 aromatic rings. The summed E-state index contributed by atoms with van der Waals surface area (Å²) in [6.45, 7) is 13.0. The number of anilines is 2. The maximum Gasteiger partial charge on any atom is 0.138 e. The highest BCUT2D eigenvalue weighted by Gasteiger charge is 2.33. The average molecular weight is 276 g/mol. The molecular weight excluding hydrogens is 248 g/mol. The molecule has 1 saturated heterocycles. The Morgan fingerprint density at radius 2 is 1.90 bits per heavy atom. The van der Waals surface area contributed by atoms with E-state index in [0.29, 0.717) is 17.9 Å². The quantitative estimate of drug-likeness (QED) is 0.899. The van der Waals surface area contributed by atoms with Crippen LogP contribution in [0.1, 0.15) is 65.3 Å². The molecule has 0 aromatic carbocycles. The Kier molecular flexibility index (Phi) is 3.94. The van der Waals surface area contributed by atoms with Crippen LogP contribution in [-0.4, -0.2) is 22.1 Å². The van der Waals surface area contributed by atoms with E-state index in [1.165, 1.54) is 12.8 Å². The summed E-state index contributed by atoms with van der Waals surface area (Å²) in [5, 5.41) is 0. The fraction of sp³-hybridized carbons (Fsp3) is 0.750.